The Morgan fingerprint density at radius 1 is 1.09 bits per heavy atom. The first-order chi connectivity index (χ1) is 16.5. The van der Waals surface area contributed by atoms with Crippen molar-refractivity contribution >= 4 is 23.3 Å². The number of benzene rings is 1. The minimum atomic E-state index is 0.0353. The van der Waals surface area contributed by atoms with Crippen molar-refractivity contribution in [1.82, 2.24) is 25.2 Å². The molecule has 0 radical (unpaired) electrons. The lowest BCUT2D eigenvalue weighted by Gasteiger charge is -2.36. The van der Waals surface area contributed by atoms with Crippen molar-refractivity contribution in [1.29, 1.82) is 0 Å². The Hall–Kier alpha value is -3.03. The highest BCUT2D eigenvalue weighted by Crippen LogP contribution is 2.31. The lowest BCUT2D eigenvalue weighted by atomic mass is 10.0. The average molecular weight is 477 g/mol. The molecular formula is C26H29ClN6O. The Morgan fingerprint density at radius 2 is 1.88 bits per heavy atom. The number of carbonyl (C=O) groups excluding carboxylic acids is 1. The van der Waals surface area contributed by atoms with Gasteiger partial charge in [-0.1, -0.05) is 29.8 Å². The number of anilines is 1. The smallest absolute Gasteiger partial charge is 0.217 e. The zero-order valence-corrected chi connectivity index (χ0v) is 20.1. The molecule has 1 amide bonds. The molecule has 3 aromatic rings. The van der Waals surface area contributed by atoms with Crippen molar-refractivity contribution in [3.8, 4) is 11.5 Å². The number of carbonyl (C=O) groups is 1. The van der Waals surface area contributed by atoms with Gasteiger partial charge in [-0.2, -0.15) is 0 Å². The average Bonchev–Trinajstić information content (AvgIpc) is 2.85. The van der Waals surface area contributed by atoms with Crippen LogP contribution in [0.3, 0.4) is 0 Å². The molecule has 176 valence electrons. The highest BCUT2D eigenvalue weighted by molar-refractivity contribution is 6.30. The van der Waals surface area contributed by atoms with Crippen molar-refractivity contribution in [2.75, 3.05) is 24.5 Å². The Morgan fingerprint density at radius 3 is 2.59 bits per heavy atom. The Kier molecular flexibility index (Phi) is 6.74. The molecule has 1 N–H and O–H groups in total. The summed E-state index contributed by atoms with van der Waals surface area (Å²) in [6, 6.07) is 14.1. The van der Waals surface area contributed by atoms with Crippen LogP contribution in [0.15, 0.2) is 48.7 Å². The van der Waals surface area contributed by atoms with Crippen LogP contribution in [-0.2, 0) is 24.3 Å². The first kappa shape index (κ1) is 22.7. The zero-order valence-electron chi connectivity index (χ0n) is 19.4. The first-order valence-electron chi connectivity index (χ1n) is 11.8. The SMILES string of the molecule is CC(=O)NC1CCN(c2nc(-c3ccccn3)nc3c2CN(Cc2ccc(Cl)cc2)CC3)CC1. The lowest BCUT2D eigenvalue weighted by Crippen LogP contribution is -2.45. The number of amides is 1. The molecule has 8 heteroatoms. The van der Waals surface area contributed by atoms with Gasteiger partial charge in [-0.15, -0.1) is 0 Å². The number of fused-ring (bicyclic) bond motifs is 1. The molecule has 0 bridgehead atoms. The monoisotopic (exact) mass is 476 g/mol. The van der Waals surface area contributed by atoms with Crippen LogP contribution in [0.5, 0.6) is 0 Å². The summed E-state index contributed by atoms with van der Waals surface area (Å²) in [4.78, 5) is 30.8. The summed E-state index contributed by atoms with van der Waals surface area (Å²) in [6.45, 7) is 5.91. The first-order valence-corrected chi connectivity index (χ1v) is 12.2. The van der Waals surface area contributed by atoms with Crippen LogP contribution in [0.25, 0.3) is 11.5 Å². The standard InChI is InChI=1S/C26H29ClN6O/c1-18(34)29-21-9-14-33(15-10-21)26-22-17-32(16-19-5-7-20(27)8-6-19)13-11-23(22)30-25(31-26)24-4-2-3-12-28-24/h2-8,12,21H,9-11,13-17H2,1H3,(H,29,34). The minimum Gasteiger partial charge on any atom is -0.356 e. The number of rotatable bonds is 5. The van der Waals surface area contributed by atoms with E-state index in [0.29, 0.717) is 5.82 Å². The number of aromatic nitrogens is 3. The van der Waals surface area contributed by atoms with E-state index < -0.39 is 0 Å². The number of hydrogen-bond acceptors (Lipinski definition) is 6. The molecule has 5 rings (SSSR count). The van der Waals surface area contributed by atoms with Gasteiger partial charge in [0.1, 0.15) is 11.5 Å². The fourth-order valence-electron chi connectivity index (χ4n) is 4.83. The molecule has 0 aliphatic carbocycles. The van der Waals surface area contributed by atoms with E-state index in [-0.39, 0.29) is 11.9 Å². The molecule has 0 spiro atoms. The summed E-state index contributed by atoms with van der Waals surface area (Å²) >= 11 is 6.07. The summed E-state index contributed by atoms with van der Waals surface area (Å²) in [7, 11) is 0. The third-order valence-electron chi connectivity index (χ3n) is 6.53. The number of pyridine rings is 1. The van der Waals surface area contributed by atoms with Crippen molar-refractivity contribution in [2.45, 2.75) is 45.3 Å². The third kappa shape index (κ3) is 5.21. The van der Waals surface area contributed by atoms with E-state index >= 15 is 0 Å². The highest BCUT2D eigenvalue weighted by atomic mass is 35.5. The molecule has 2 aromatic heterocycles. The van der Waals surface area contributed by atoms with Gasteiger partial charge in [-0.05, 0) is 42.7 Å². The van der Waals surface area contributed by atoms with Gasteiger partial charge in [-0.25, -0.2) is 9.97 Å². The second-order valence-electron chi connectivity index (χ2n) is 9.06. The van der Waals surface area contributed by atoms with Gasteiger partial charge in [-0.3, -0.25) is 14.7 Å². The molecule has 7 nitrogen and oxygen atoms in total. The van der Waals surface area contributed by atoms with Gasteiger partial charge in [0.15, 0.2) is 5.82 Å². The highest BCUT2D eigenvalue weighted by Gasteiger charge is 2.28. The summed E-state index contributed by atoms with van der Waals surface area (Å²) in [5, 5.41) is 3.82. The molecule has 0 unspecified atom stereocenters. The molecule has 2 aliphatic rings. The summed E-state index contributed by atoms with van der Waals surface area (Å²) in [5.74, 6) is 1.73. The molecule has 2 aliphatic heterocycles. The predicted octanol–water partition coefficient (Wildman–Crippen LogP) is 3.86. The van der Waals surface area contributed by atoms with Gasteiger partial charge in [0.25, 0.3) is 0 Å². The molecule has 1 fully saturated rings. The van der Waals surface area contributed by atoms with Gasteiger partial charge in [0, 0.05) is 68.9 Å². The second-order valence-corrected chi connectivity index (χ2v) is 9.50. The van der Waals surface area contributed by atoms with Crippen LogP contribution in [0.1, 0.15) is 36.6 Å². The maximum atomic E-state index is 11.5. The van der Waals surface area contributed by atoms with Crippen molar-refractivity contribution in [3.63, 3.8) is 0 Å². The van der Waals surface area contributed by atoms with Crippen LogP contribution in [0, 0.1) is 0 Å². The van der Waals surface area contributed by atoms with Crippen LogP contribution >= 0.6 is 11.6 Å². The Bertz CT molecular complexity index is 1150. The van der Waals surface area contributed by atoms with Crippen molar-refractivity contribution in [2.24, 2.45) is 0 Å². The fraction of sp³-hybridized carbons (Fsp3) is 0.385. The molecule has 1 saturated heterocycles. The van der Waals surface area contributed by atoms with Crippen LogP contribution in [-0.4, -0.2) is 51.4 Å². The van der Waals surface area contributed by atoms with Crippen molar-refractivity contribution < 1.29 is 4.79 Å². The molecule has 4 heterocycles. The molecule has 0 atom stereocenters. The molecule has 34 heavy (non-hydrogen) atoms. The van der Waals surface area contributed by atoms with Gasteiger partial charge in [0.05, 0.1) is 5.69 Å². The van der Waals surface area contributed by atoms with E-state index in [4.69, 9.17) is 21.6 Å². The second kappa shape index (κ2) is 10.1. The van der Waals surface area contributed by atoms with E-state index in [2.05, 4.69) is 32.2 Å². The lowest BCUT2D eigenvalue weighted by molar-refractivity contribution is -0.119. The van der Waals surface area contributed by atoms with Crippen LogP contribution in [0.4, 0.5) is 5.82 Å². The predicted molar refractivity (Wildman–Crippen MR) is 134 cm³/mol. The van der Waals surface area contributed by atoms with Gasteiger partial charge in [0.2, 0.25) is 5.91 Å². The summed E-state index contributed by atoms with van der Waals surface area (Å²) in [6.07, 6.45) is 4.47. The van der Waals surface area contributed by atoms with Crippen LogP contribution < -0.4 is 10.2 Å². The fourth-order valence-corrected chi connectivity index (χ4v) is 4.96. The number of hydrogen-bond donors (Lipinski definition) is 1. The number of halogens is 1. The normalized spacial score (nSPS) is 16.8. The minimum absolute atomic E-state index is 0.0353. The van der Waals surface area contributed by atoms with E-state index in [1.165, 1.54) is 11.1 Å². The zero-order chi connectivity index (χ0) is 23.5. The number of piperidine rings is 1. The van der Waals surface area contributed by atoms with E-state index in [1.807, 2.05) is 30.3 Å². The Labute approximate surface area is 205 Å². The molecule has 1 aromatic carbocycles. The number of nitrogens with one attached hydrogen (secondary N) is 1. The van der Waals surface area contributed by atoms with E-state index in [9.17, 15) is 4.79 Å². The Balaban J connectivity index is 1.43. The molecular weight excluding hydrogens is 448 g/mol. The largest absolute Gasteiger partial charge is 0.356 e. The van der Waals surface area contributed by atoms with Gasteiger partial charge >= 0.3 is 0 Å². The van der Waals surface area contributed by atoms with E-state index in [0.717, 1.165) is 74.2 Å². The molecule has 0 saturated carbocycles. The van der Waals surface area contributed by atoms with Crippen LogP contribution in [0.2, 0.25) is 5.02 Å². The van der Waals surface area contributed by atoms with Crippen molar-refractivity contribution in [3.05, 3.63) is 70.5 Å². The maximum Gasteiger partial charge on any atom is 0.217 e. The van der Waals surface area contributed by atoms with E-state index in [1.54, 1.807) is 13.1 Å². The summed E-state index contributed by atoms with van der Waals surface area (Å²) < 4.78 is 0. The topological polar surface area (TPSA) is 74.2 Å². The maximum absolute atomic E-state index is 11.5. The number of nitrogens with zero attached hydrogens (tertiary/aromatic N) is 5. The summed E-state index contributed by atoms with van der Waals surface area (Å²) in [5.41, 5.74) is 4.36. The third-order valence-corrected chi connectivity index (χ3v) is 6.78. The quantitative estimate of drug-likeness (QED) is 0.602. The van der Waals surface area contributed by atoms with Gasteiger partial charge < -0.3 is 10.2 Å².